The number of carbonyl (C=O) groups excluding carboxylic acids is 1. The molecule has 0 radical (unpaired) electrons. The van der Waals surface area contributed by atoms with E-state index in [1.807, 2.05) is 31.1 Å². The van der Waals surface area contributed by atoms with Gasteiger partial charge < -0.3 is 4.90 Å². The first-order valence-electron chi connectivity index (χ1n) is 4.01. The van der Waals surface area contributed by atoms with E-state index in [9.17, 15) is 4.79 Å². The minimum atomic E-state index is -0.0352. The fourth-order valence-corrected chi connectivity index (χ4v) is 1.18. The van der Waals surface area contributed by atoms with Crippen LogP contribution in [0, 0.1) is 0 Å². The Kier molecular flexibility index (Phi) is 3.32. The Labute approximate surface area is 83.1 Å². The highest BCUT2D eigenvalue weighted by molar-refractivity contribution is 6.30. The molecule has 0 aliphatic heterocycles. The molecule has 0 spiro atoms. The lowest BCUT2D eigenvalue weighted by molar-refractivity contribution is 0.102. The minimum Gasteiger partial charge on any atom is -0.378 e. The molecule has 0 saturated heterocycles. The number of halogens is 1. The van der Waals surface area contributed by atoms with Crippen LogP contribution in [0.25, 0.3) is 0 Å². The molecular formula is C10H12ClNO. The first-order valence-corrected chi connectivity index (χ1v) is 4.55. The molecule has 0 atom stereocenters. The largest absolute Gasteiger partial charge is 0.378 e. The van der Waals surface area contributed by atoms with E-state index in [2.05, 4.69) is 0 Å². The van der Waals surface area contributed by atoms with Crippen LogP contribution in [0.4, 0.5) is 5.69 Å². The number of nitrogens with zero attached hydrogens (tertiary/aromatic N) is 1. The van der Waals surface area contributed by atoms with E-state index in [0.29, 0.717) is 5.56 Å². The van der Waals surface area contributed by atoms with Crippen molar-refractivity contribution in [2.45, 2.75) is 0 Å². The van der Waals surface area contributed by atoms with Gasteiger partial charge in [-0.1, -0.05) is 0 Å². The number of hydrogen-bond acceptors (Lipinski definition) is 2. The third-order valence-electron chi connectivity index (χ3n) is 1.83. The molecule has 1 aromatic carbocycles. The maximum atomic E-state index is 11.1. The van der Waals surface area contributed by atoms with Crippen LogP contribution >= 0.6 is 11.6 Å². The van der Waals surface area contributed by atoms with Gasteiger partial charge >= 0.3 is 0 Å². The molecule has 0 aromatic heterocycles. The van der Waals surface area contributed by atoms with Crippen molar-refractivity contribution in [3.63, 3.8) is 0 Å². The summed E-state index contributed by atoms with van der Waals surface area (Å²) in [5.74, 6) is 0.00776. The van der Waals surface area contributed by atoms with E-state index in [1.54, 1.807) is 12.1 Å². The van der Waals surface area contributed by atoms with E-state index in [1.165, 1.54) is 0 Å². The van der Waals surface area contributed by atoms with Gasteiger partial charge in [-0.25, -0.2) is 0 Å². The number of carbonyl (C=O) groups is 1. The van der Waals surface area contributed by atoms with Crippen molar-refractivity contribution in [2.75, 3.05) is 24.9 Å². The Balaban J connectivity index is 2.87. The van der Waals surface area contributed by atoms with E-state index in [-0.39, 0.29) is 11.7 Å². The van der Waals surface area contributed by atoms with Gasteiger partial charge in [0.1, 0.15) is 0 Å². The predicted molar refractivity (Wildman–Crippen MR) is 55.8 cm³/mol. The van der Waals surface area contributed by atoms with Gasteiger partial charge in [-0.15, -0.1) is 11.6 Å². The van der Waals surface area contributed by atoms with Crippen LogP contribution in [0.1, 0.15) is 10.4 Å². The summed E-state index contributed by atoms with van der Waals surface area (Å²) in [5, 5.41) is 0. The highest BCUT2D eigenvalue weighted by Crippen LogP contribution is 2.12. The number of hydrogen-bond donors (Lipinski definition) is 0. The Morgan fingerprint density at radius 3 is 2.23 bits per heavy atom. The van der Waals surface area contributed by atoms with Gasteiger partial charge in [0.25, 0.3) is 0 Å². The van der Waals surface area contributed by atoms with Gasteiger partial charge in [0.15, 0.2) is 5.78 Å². The fraction of sp³-hybridized carbons (Fsp3) is 0.300. The van der Waals surface area contributed by atoms with Crippen LogP contribution < -0.4 is 4.90 Å². The lowest BCUT2D eigenvalue weighted by atomic mass is 10.1. The lowest BCUT2D eigenvalue weighted by Gasteiger charge is -2.11. The molecule has 0 fully saturated rings. The predicted octanol–water partition coefficient (Wildman–Crippen LogP) is 2.17. The highest BCUT2D eigenvalue weighted by Gasteiger charge is 2.03. The molecule has 0 unspecified atom stereocenters. The van der Waals surface area contributed by atoms with Gasteiger partial charge in [0.05, 0.1) is 5.88 Å². The van der Waals surface area contributed by atoms with Crippen molar-refractivity contribution in [2.24, 2.45) is 0 Å². The molecular weight excluding hydrogens is 186 g/mol. The molecule has 2 nitrogen and oxygen atoms in total. The third kappa shape index (κ3) is 2.46. The summed E-state index contributed by atoms with van der Waals surface area (Å²) in [5.41, 5.74) is 1.74. The number of ketones is 1. The molecule has 1 aromatic rings. The summed E-state index contributed by atoms with van der Waals surface area (Å²) < 4.78 is 0. The number of alkyl halides is 1. The molecule has 0 bridgehead atoms. The van der Waals surface area contributed by atoms with Crippen LogP contribution in [0.3, 0.4) is 0 Å². The second-order valence-corrected chi connectivity index (χ2v) is 3.27. The second-order valence-electron chi connectivity index (χ2n) is 3.00. The van der Waals surface area contributed by atoms with Crippen molar-refractivity contribution in [1.29, 1.82) is 0 Å². The Morgan fingerprint density at radius 1 is 1.31 bits per heavy atom. The molecule has 0 N–H and O–H groups in total. The van der Waals surface area contributed by atoms with Gasteiger partial charge in [-0.05, 0) is 24.3 Å². The molecule has 0 aliphatic rings. The van der Waals surface area contributed by atoms with E-state index >= 15 is 0 Å². The molecule has 1 rings (SSSR count). The first kappa shape index (κ1) is 10.1. The van der Waals surface area contributed by atoms with Crippen LogP contribution in [0.15, 0.2) is 24.3 Å². The zero-order valence-electron chi connectivity index (χ0n) is 7.75. The smallest absolute Gasteiger partial charge is 0.177 e. The molecule has 70 valence electrons. The maximum Gasteiger partial charge on any atom is 0.177 e. The summed E-state index contributed by atoms with van der Waals surface area (Å²) >= 11 is 5.43. The molecule has 3 heteroatoms. The summed E-state index contributed by atoms with van der Waals surface area (Å²) in [6.45, 7) is 0. The van der Waals surface area contributed by atoms with Crippen molar-refractivity contribution < 1.29 is 4.79 Å². The molecule has 0 amide bonds. The fourth-order valence-electron chi connectivity index (χ4n) is 1.02. The summed E-state index contributed by atoms with van der Waals surface area (Å²) in [6, 6.07) is 7.39. The number of rotatable bonds is 3. The van der Waals surface area contributed by atoms with Crippen LogP contribution in [0.2, 0.25) is 0 Å². The first-order chi connectivity index (χ1) is 6.15. The quantitative estimate of drug-likeness (QED) is 0.547. The molecule has 0 saturated carbocycles. The van der Waals surface area contributed by atoms with Gasteiger partial charge in [0, 0.05) is 25.3 Å². The summed E-state index contributed by atoms with van der Waals surface area (Å²) in [6.07, 6.45) is 0. The zero-order chi connectivity index (χ0) is 9.84. The maximum absolute atomic E-state index is 11.1. The monoisotopic (exact) mass is 197 g/mol. The standard InChI is InChI=1S/C10H12ClNO/c1-12(2)9-5-3-8(4-6-9)10(13)7-11/h3-6H,7H2,1-2H3. The van der Waals surface area contributed by atoms with Crippen LogP contribution in [-0.4, -0.2) is 25.8 Å². The van der Waals surface area contributed by atoms with Gasteiger partial charge in [-0.3, -0.25) is 4.79 Å². The summed E-state index contributed by atoms with van der Waals surface area (Å²) in [4.78, 5) is 13.1. The number of anilines is 1. The Morgan fingerprint density at radius 2 is 1.85 bits per heavy atom. The highest BCUT2D eigenvalue weighted by atomic mass is 35.5. The Hall–Kier alpha value is -1.02. The van der Waals surface area contributed by atoms with E-state index < -0.39 is 0 Å². The van der Waals surface area contributed by atoms with E-state index in [0.717, 1.165) is 5.69 Å². The van der Waals surface area contributed by atoms with Crippen molar-refractivity contribution >= 4 is 23.1 Å². The van der Waals surface area contributed by atoms with E-state index in [4.69, 9.17) is 11.6 Å². The SMILES string of the molecule is CN(C)c1ccc(C(=O)CCl)cc1. The van der Waals surface area contributed by atoms with Crippen molar-refractivity contribution in [3.05, 3.63) is 29.8 Å². The molecule has 0 aliphatic carbocycles. The normalized spacial score (nSPS) is 9.77. The van der Waals surface area contributed by atoms with Crippen molar-refractivity contribution in [1.82, 2.24) is 0 Å². The van der Waals surface area contributed by atoms with Crippen LogP contribution in [-0.2, 0) is 0 Å². The Bertz CT molecular complexity index is 292. The van der Waals surface area contributed by atoms with Crippen LogP contribution in [0.5, 0.6) is 0 Å². The third-order valence-corrected chi connectivity index (χ3v) is 2.07. The topological polar surface area (TPSA) is 20.3 Å². The van der Waals surface area contributed by atoms with Crippen molar-refractivity contribution in [3.8, 4) is 0 Å². The van der Waals surface area contributed by atoms with Gasteiger partial charge in [-0.2, -0.15) is 0 Å². The lowest BCUT2D eigenvalue weighted by Crippen LogP contribution is -2.09. The molecule has 0 heterocycles. The molecule has 13 heavy (non-hydrogen) atoms. The summed E-state index contributed by atoms with van der Waals surface area (Å²) in [7, 11) is 3.91. The average molecular weight is 198 g/mol. The number of benzene rings is 1. The zero-order valence-corrected chi connectivity index (χ0v) is 8.51. The minimum absolute atomic E-state index is 0.0352. The second kappa shape index (κ2) is 4.28. The average Bonchev–Trinajstić information content (AvgIpc) is 2.17. The number of Topliss-reactive ketones (excluding diaryl/α,β-unsaturated/α-hetero) is 1. The van der Waals surface area contributed by atoms with Gasteiger partial charge in [0.2, 0.25) is 0 Å².